The van der Waals surface area contributed by atoms with Crippen LogP contribution in [0.3, 0.4) is 0 Å². The van der Waals surface area contributed by atoms with E-state index in [-0.39, 0.29) is 61.0 Å². The minimum Gasteiger partial charge on any atom is -0.478 e. The van der Waals surface area contributed by atoms with Gasteiger partial charge in [0.2, 0.25) is 17.8 Å². The molecule has 0 bridgehead atoms. The molecule has 2 aliphatic rings. The summed E-state index contributed by atoms with van der Waals surface area (Å²) in [5.74, 6) is 0.363. The first-order valence-electron chi connectivity index (χ1n) is 20.2. The fraction of sp³-hybridized carbons (Fsp3) is 0.610. The number of nitrogens with zero attached hydrogens (tertiary/aromatic N) is 5. The van der Waals surface area contributed by atoms with Crippen molar-refractivity contribution >= 4 is 57.7 Å². The molecule has 2 aromatic heterocycles. The monoisotopic (exact) mass is 842 g/mol. The summed E-state index contributed by atoms with van der Waals surface area (Å²) in [6.07, 6.45) is 5.22. The van der Waals surface area contributed by atoms with Crippen molar-refractivity contribution in [1.82, 2.24) is 30.1 Å². The van der Waals surface area contributed by atoms with Crippen LogP contribution in [-0.2, 0) is 40.4 Å². The number of benzene rings is 1. The fourth-order valence-electron chi connectivity index (χ4n) is 6.96. The first-order valence-corrected chi connectivity index (χ1v) is 20.6. The Bertz CT molecular complexity index is 1950. The van der Waals surface area contributed by atoms with E-state index >= 15 is 0 Å². The molecule has 17 nitrogen and oxygen atoms in total. The summed E-state index contributed by atoms with van der Waals surface area (Å²) >= 11 is 6.50. The summed E-state index contributed by atoms with van der Waals surface area (Å²) in [5, 5.41) is 9.71. The molecule has 324 valence electrons. The van der Waals surface area contributed by atoms with Crippen LogP contribution >= 0.6 is 11.6 Å². The smallest absolute Gasteiger partial charge is 0.293 e. The van der Waals surface area contributed by atoms with Crippen molar-refractivity contribution in [2.45, 2.75) is 71.6 Å². The maximum Gasteiger partial charge on any atom is 0.293 e. The predicted octanol–water partition coefficient (Wildman–Crippen LogP) is 3.43. The highest BCUT2D eigenvalue weighted by atomic mass is 35.5. The van der Waals surface area contributed by atoms with Crippen molar-refractivity contribution in [3.8, 4) is 5.75 Å². The van der Waals surface area contributed by atoms with E-state index in [0.717, 1.165) is 37.6 Å². The Kier molecular flexibility index (Phi) is 16.7. The number of fused-ring (bicyclic) bond motifs is 1. The molecular weight excluding hydrogens is 784 g/mol. The van der Waals surface area contributed by atoms with Gasteiger partial charge in [0, 0.05) is 50.8 Å². The van der Waals surface area contributed by atoms with Gasteiger partial charge in [-0.25, -0.2) is 4.98 Å². The lowest BCUT2D eigenvalue weighted by atomic mass is 9.85. The van der Waals surface area contributed by atoms with E-state index < -0.39 is 11.5 Å². The summed E-state index contributed by atoms with van der Waals surface area (Å²) in [6.45, 7) is 11.9. The van der Waals surface area contributed by atoms with Crippen LogP contribution in [0.1, 0.15) is 53.4 Å². The molecule has 2 atom stereocenters. The van der Waals surface area contributed by atoms with Gasteiger partial charge in [-0.05, 0) is 62.3 Å². The second-order valence-electron chi connectivity index (χ2n) is 15.8. The zero-order chi connectivity index (χ0) is 42.5. The summed E-state index contributed by atoms with van der Waals surface area (Å²) < 4.78 is 29.8. The van der Waals surface area contributed by atoms with E-state index in [2.05, 4.69) is 25.8 Å². The van der Waals surface area contributed by atoms with E-state index in [4.69, 9.17) is 40.3 Å². The molecule has 0 radical (unpaired) electrons. The zero-order valence-electron chi connectivity index (χ0n) is 35.0. The number of aromatic nitrogens is 3. The first-order chi connectivity index (χ1) is 28.2. The normalized spacial score (nSPS) is 16.6. The highest BCUT2D eigenvalue weighted by Gasteiger charge is 2.38. The van der Waals surface area contributed by atoms with Crippen LogP contribution in [0.5, 0.6) is 5.75 Å². The average Bonchev–Trinajstić information content (AvgIpc) is 3.65. The molecule has 59 heavy (non-hydrogen) atoms. The molecule has 18 heteroatoms. The van der Waals surface area contributed by atoms with Gasteiger partial charge in [0.05, 0.1) is 57.5 Å². The van der Waals surface area contributed by atoms with Crippen LogP contribution in [0.25, 0.3) is 10.9 Å². The maximum atomic E-state index is 13.2. The third-order valence-corrected chi connectivity index (χ3v) is 10.6. The number of piperidine rings is 1. The van der Waals surface area contributed by atoms with Crippen molar-refractivity contribution in [2.24, 2.45) is 12.5 Å². The van der Waals surface area contributed by atoms with Crippen LogP contribution in [0, 0.1) is 5.41 Å². The van der Waals surface area contributed by atoms with E-state index in [1.54, 1.807) is 19.3 Å². The van der Waals surface area contributed by atoms with Gasteiger partial charge in [-0.15, -0.1) is 0 Å². The van der Waals surface area contributed by atoms with Crippen molar-refractivity contribution in [2.75, 3.05) is 89.8 Å². The standard InChI is InChI=1S/C41H59ClN8O9/c1-27-8-7-13-50(27)39(54)36(41(2,3)4)46-35(52)25-57-19-18-55-16-17-56-20-21-58-30-11-14-49(15-12-30)40-44-24-31(42)37(47-40)45-29-9-10-32-28(22-29)23-33(38(53)48(32)6)59-26-34(51)43-5/h9-10,22-24,27,30,36H,7-8,11-21,25-26H2,1-6H3,(H,43,51)(H,46,52)(H,44,45,47). The first kappa shape index (κ1) is 45.5. The Labute approximate surface area is 350 Å². The Morgan fingerprint density at radius 1 is 0.932 bits per heavy atom. The number of pyridine rings is 1. The molecule has 4 heterocycles. The van der Waals surface area contributed by atoms with Crippen LogP contribution in [-0.4, -0.2) is 135 Å². The number of rotatable bonds is 20. The number of likely N-dealkylation sites (N-methyl/N-ethyl adjacent to an activating group) is 1. The number of carbonyl (C=O) groups excluding carboxylic acids is 3. The van der Waals surface area contributed by atoms with Crippen LogP contribution in [0.4, 0.5) is 17.5 Å². The van der Waals surface area contributed by atoms with Gasteiger partial charge in [0.25, 0.3) is 11.5 Å². The third kappa shape index (κ3) is 13.0. The number of amides is 3. The number of carbonyl (C=O) groups is 3. The van der Waals surface area contributed by atoms with Gasteiger partial charge in [-0.2, -0.15) is 4.98 Å². The van der Waals surface area contributed by atoms with Crippen LogP contribution in [0.15, 0.2) is 35.3 Å². The third-order valence-electron chi connectivity index (χ3n) is 10.4. The quantitative estimate of drug-likeness (QED) is 0.141. The second kappa shape index (κ2) is 21.6. The van der Waals surface area contributed by atoms with Gasteiger partial charge < -0.3 is 54.0 Å². The molecule has 2 fully saturated rings. The second-order valence-corrected chi connectivity index (χ2v) is 16.2. The number of anilines is 3. The summed E-state index contributed by atoms with van der Waals surface area (Å²) in [6, 6.07) is 6.68. The van der Waals surface area contributed by atoms with Gasteiger partial charge >= 0.3 is 0 Å². The molecule has 2 unspecified atom stereocenters. The van der Waals surface area contributed by atoms with Crippen molar-refractivity contribution in [1.29, 1.82) is 0 Å². The molecule has 0 saturated carbocycles. The summed E-state index contributed by atoms with van der Waals surface area (Å²) in [4.78, 5) is 63.3. The lowest BCUT2D eigenvalue weighted by Gasteiger charge is -2.35. The Balaban J connectivity index is 0.951. The Morgan fingerprint density at radius 3 is 2.29 bits per heavy atom. The van der Waals surface area contributed by atoms with Gasteiger partial charge in [-0.1, -0.05) is 32.4 Å². The lowest BCUT2D eigenvalue weighted by Crippen LogP contribution is -2.56. The predicted molar refractivity (Wildman–Crippen MR) is 225 cm³/mol. The summed E-state index contributed by atoms with van der Waals surface area (Å²) in [5.41, 5.74) is 0.620. The number of hydrogen-bond donors (Lipinski definition) is 3. The number of aryl methyl sites for hydroxylation is 1. The van der Waals surface area contributed by atoms with E-state index in [1.165, 1.54) is 11.6 Å². The molecule has 0 spiro atoms. The molecule has 2 aliphatic heterocycles. The largest absolute Gasteiger partial charge is 0.478 e. The highest BCUT2D eigenvalue weighted by molar-refractivity contribution is 6.32. The van der Waals surface area contributed by atoms with Crippen molar-refractivity contribution < 1.29 is 38.1 Å². The fourth-order valence-corrected chi connectivity index (χ4v) is 7.10. The maximum absolute atomic E-state index is 13.2. The summed E-state index contributed by atoms with van der Waals surface area (Å²) in [7, 11) is 3.15. The van der Waals surface area contributed by atoms with Crippen LogP contribution < -0.4 is 31.1 Å². The SMILES string of the molecule is CNC(=O)COc1cc2cc(Nc3nc(N4CCC(OCCOCCOCCOCC(=O)NC(C(=O)N5CCCC5C)C(C)(C)C)CC4)ncc3Cl)ccc2n(C)c1=O. The minimum atomic E-state index is -0.613. The molecule has 3 aromatic rings. The molecule has 1 aromatic carbocycles. The number of hydrogen-bond acceptors (Lipinski definition) is 13. The molecular formula is C41H59ClN8O9. The molecule has 3 amide bonds. The van der Waals surface area contributed by atoms with E-state index in [0.29, 0.717) is 74.1 Å². The lowest BCUT2D eigenvalue weighted by molar-refractivity contribution is -0.141. The van der Waals surface area contributed by atoms with E-state index in [9.17, 15) is 19.2 Å². The van der Waals surface area contributed by atoms with Crippen molar-refractivity contribution in [3.63, 3.8) is 0 Å². The van der Waals surface area contributed by atoms with Crippen LogP contribution in [0.2, 0.25) is 5.02 Å². The molecule has 3 N–H and O–H groups in total. The molecule has 0 aliphatic carbocycles. The Hall–Kier alpha value is -4.55. The number of nitrogens with one attached hydrogen (secondary N) is 3. The van der Waals surface area contributed by atoms with Gasteiger partial charge in [0.15, 0.2) is 18.2 Å². The Morgan fingerprint density at radius 2 is 1.63 bits per heavy atom. The average molecular weight is 843 g/mol. The molecule has 5 rings (SSSR count). The minimum absolute atomic E-state index is 0.0372. The van der Waals surface area contributed by atoms with Gasteiger partial charge in [-0.3, -0.25) is 19.2 Å². The van der Waals surface area contributed by atoms with E-state index in [1.807, 2.05) is 50.8 Å². The number of likely N-dealkylation sites (tertiary alicyclic amines) is 1. The molecule has 2 saturated heterocycles. The number of halogens is 1. The van der Waals surface area contributed by atoms with Crippen molar-refractivity contribution in [3.05, 3.63) is 45.8 Å². The van der Waals surface area contributed by atoms with Gasteiger partial charge in [0.1, 0.15) is 17.7 Å². The number of ether oxygens (including phenoxy) is 5. The highest BCUT2D eigenvalue weighted by Crippen LogP contribution is 2.29. The topological polar surface area (TPSA) is 188 Å². The zero-order valence-corrected chi connectivity index (χ0v) is 35.8.